The molecule has 0 aliphatic carbocycles. The molecule has 0 spiro atoms. The van der Waals surface area contributed by atoms with Gasteiger partial charge in [-0.2, -0.15) is 0 Å². The molecule has 0 heterocycles. The third-order valence-corrected chi connectivity index (χ3v) is 4.53. The SMILES string of the molecule is Cc1cc(Cl)c(Cl)cc1/C(N)=C/C(N)=NCCc1ccc(S)cc1. The maximum Gasteiger partial charge on any atom is 0.120 e. The highest BCUT2D eigenvalue weighted by molar-refractivity contribution is 7.80. The van der Waals surface area contributed by atoms with E-state index < -0.39 is 0 Å². The van der Waals surface area contributed by atoms with Crippen molar-refractivity contribution in [1.29, 1.82) is 0 Å². The van der Waals surface area contributed by atoms with Crippen molar-refractivity contribution < 1.29 is 0 Å². The first-order chi connectivity index (χ1) is 11.4. The van der Waals surface area contributed by atoms with E-state index >= 15 is 0 Å². The summed E-state index contributed by atoms with van der Waals surface area (Å²) in [5.41, 5.74) is 15.5. The molecule has 6 heteroatoms. The molecule has 0 fully saturated rings. The molecule has 0 aliphatic heterocycles. The van der Waals surface area contributed by atoms with Crippen LogP contribution >= 0.6 is 35.8 Å². The van der Waals surface area contributed by atoms with E-state index in [0.717, 1.165) is 22.4 Å². The van der Waals surface area contributed by atoms with E-state index in [1.54, 1.807) is 18.2 Å². The Hall–Kier alpha value is -1.62. The van der Waals surface area contributed by atoms with Gasteiger partial charge in [-0.3, -0.25) is 4.99 Å². The van der Waals surface area contributed by atoms with Crippen molar-refractivity contribution in [2.24, 2.45) is 16.5 Å². The first-order valence-electron chi connectivity index (χ1n) is 7.38. The van der Waals surface area contributed by atoms with E-state index in [1.165, 1.54) is 5.56 Å². The highest BCUT2D eigenvalue weighted by Crippen LogP contribution is 2.27. The summed E-state index contributed by atoms with van der Waals surface area (Å²) in [6.45, 7) is 2.50. The zero-order valence-corrected chi connectivity index (χ0v) is 15.7. The predicted octanol–water partition coefficient (Wildman–Crippen LogP) is 4.49. The van der Waals surface area contributed by atoms with Gasteiger partial charge in [0.05, 0.1) is 10.0 Å². The summed E-state index contributed by atoms with van der Waals surface area (Å²) in [5, 5.41) is 0.955. The summed E-state index contributed by atoms with van der Waals surface area (Å²) in [5.74, 6) is 0.379. The van der Waals surface area contributed by atoms with E-state index in [9.17, 15) is 0 Å². The number of benzene rings is 2. The summed E-state index contributed by atoms with van der Waals surface area (Å²) in [7, 11) is 0. The van der Waals surface area contributed by atoms with Gasteiger partial charge in [0.15, 0.2) is 0 Å². The fourth-order valence-electron chi connectivity index (χ4n) is 2.22. The van der Waals surface area contributed by atoms with Crippen LogP contribution in [0.25, 0.3) is 5.70 Å². The molecule has 4 N–H and O–H groups in total. The van der Waals surface area contributed by atoms with Gasteiger partial charge in [0.1, 0.15) is 5.84 Å². The lowest BCUT2D eigenvalue weighted by molar-refractivity contribution is 0.965. The predicted molar refractivity (Wildman–Crippen MR) is 107 cm³/mol. The van der Waals surface area contributed by atoms with Gasteiger partial charge >= 0.3 is 0 Å². The minimum Gasteiger partial charge on any atom is -0.398 e. The number of rotatable bonds is 5. The maximum absolute atomic E-state index is 6.11. The Morgan fingerprint density at radius 1 is 1.12 bits per heavy atom. The van der Waals surface area contributed by atoms with Gasteiger partial charge in [-0.25, -0.2) is 0 Å². The van der Waals surface area contributed by atoms with Crippen LogP contribution in [0.1, 0.15) is 16.7 Å². The smallest absolute Gasteiger partial charge is 0.120 e. The normalized spacial score (nSPS) is 12.5. The van der Waals surface area contributed by atoms with Gasteiger partial charge in [0.2, 0.25) is 0 Å². The third-order valence-electron chi connectivity index (χ3n) is 3.51. The van der Waals surface area contributed by atoms with Crippen molar-refractivity contribution in [3.8, 4) is 0 Å². The molecule has 2 aromatic carbocycles. The van der Waals surface area contributed by atoms with E-state index in [2.05, 4.69) is 17.6 Å². The Balaban J connectivity index is 2.06. The van der Waals surface area contributed by atoms with Crippen LogP contribution in [-0.2, 0) is 6.42 Å². The van der Waals surface area contributed by atoms with Crippen molar-refractivity contribution >= 4 is 47.4 Å². The molecule has 0 bridgehead atoms. The summed E-state index contributed by atoms with van der Waals surface area (Å²) in [4.78, 5) is 5.28. The Morgan fingerprint density at radius 3 is 2.42 bits per heavy atom. The molecule has 0 saturated heterocycles. The molecule has 0 radical (unpaired) electrons. The fraction of sp³-hybridized carbons (Fsp3) is 0.167. The monoisotopic (exact) mass is 379 g/mol. The molecule has 126 valence electrons. The number of amidine groups is 1. The first-order valence-corrected chi connectivity index (χ1v) is 8.58. The van der Waals surface area contributed by atoms with Crippen molar-refractivity contribution in [3.63, 3.8) is 0 Å². The van der Waals surface area contributed by atoms with E-state index in [-0.39, 0.29) is 0 Å². The summed E-state index contributed by atoms with van der Waals surface area (Å²) >= 11 is 16.3. The molecule has 2 aromatic rings. The number of nitrogens with two attached hydrogens (primary N) is 2. The molecule has 0 unspecified atom stereocenters. The first kappa shape index (κ1) is 18.7. The van der Waals surface area contributed by atoms with Crippen LogP contribution in [0.4, 0.5) is 0 Å². The molecule has 0 atom stereocenters. The summed E-state index contributed by atoms with van der Waals surface area (Å²) in [6, 6.07) is 11.5. The van der Waals surface area contributed by atoms with Crippen LogP contribution in [-0.4, -0.2) is 12.4 Å². The molecular formula is C18H19Cl2N3S. The number of thiol groups is 1. The lowest BCUT2D eigenvalue weighted by atomic mass is 10.1. The van der Waals surface area contributed by atoms with E-state index in [4.69, 9.17) is 34.7 Å². The van der Waals surface area contributed by atoms with Gasteiger partial charge in [-0.1, -0.05) is 35.3 Å². The minimum absolute atomic E-state index is 0.379. The molecular weight excluding hydrogens is 361 g/mol. The average molecular weight is 380 g/mol. The van der Waals surface area contributed by atoms with Crippen molar-refractivity contribution in [2.45, 2.75) is 18.2 Å². The Bertz CT molecular complexity index is 784. The van der Waals surface area contributed by atoms with Crippen LogP contribution in [0.3, 0.4) is 0 Å². The number of hydrogen-bond acceptors (Lipinski definition) is 3. The molecule has 0 amide bonds. The minimum atomic E-state index is 0.379. The molecule has 2 rings (SSSR count). The molecule has 0 saturated carbocycles. The highest BCUT2D eigenvalue weighted by atomic mass is 35.5. The second-order valence-corrected chi connectivity index (χ2v) is 6.73. The number of hydrogen-bond donors (Lipinski definition) is 3. The van der Waals surface area contributed by atoms with Gasteiger partial charge in [0.25, 0.3) is 0 Å². The van der Waals surface area contributed by atoms with Crippen LogP contribution in [0, 0.1) is 6.92 Å². The van der Waals surface area contributed by atoms with Crippen LogP contribution < -0.4 is 11.5 Å². The summed E-state index contributed by atoms with van der Waals surface area (Å²) < 4.78 is 0. The zero-order chi connectivity index (χ0) is 17.7. The average Bonchev–Trinajstić information content (AvgIpc) is 2.52. The van der Waals surface area contributed by atoms with Crippen molar-refractivity contribution in [3.05, 3.63) is 69.2 Å². The Kier molecular flexibility index (Phi) is 6.60. The second kappa shape index (κ2) is 8.47. The Morgan fingerprint density at radius 2 is 1.75 bits per heavy atom. The fourth-order valence-corrected chi connectivity index (χ4v) is 2.75. The maximum atomic E-state index is 6.11. The number of nitrogens with zero attached hydrogens (tertiary/aromatic N) is 1. The second-order valence-electron chi connectivity index (χ2n) is 5.40. The van der Waals surface area contributed by atoms with Gasteiger partial charge in [-0.05, 0) is 48.7 Å². The zero-order valence-electron chi connectivity index (χ0n) is 13.3. The molecule has 24 heavy (non-hydrogen) atoms. The lowest BCUT2D eigenvalue weighted by Gasteiger charge is -2.08. The number of aliphatic imine (C=N–C) groups is 1. The lowest BCUT2D eigenvalue weighted by Crippen LogP contribution is -2.13. The molecule has 3 nitrogen and oxygen atoms in total. The van der Waals surface area contributed by atoms with E-state index in [0.29, 0.717) is 28.1 Å². The Labute approximate surface area is 157 Å². The third kappa shape index (κ3) is 5.20. The summed E-state index contributed by atoms with van der Waals surface area (Å²) in [6.07, 6.45) is 2.44. The topological polar surface area (TPSA) is 64.4 Å². The molecule has 0 aliphatic rings. The van der Waals surface area contributed by atoms with Gasteiger partial charge < -0.3 is 11.5 Å². The van der Waals surface area contributed by atoms with Gasteiger partial charge in [-0.15, -0.1) is 12.6 Å². The quantitative estimate of drug-likeness (QED) is 0.407. The number of aryl methyl sites for hydroxylation is 1. The standard InChI is InChI=1S/C18H19Cl2N3S/c1-11-8-15(19)16(20)9-14(11)17(21)10-18(22)23-7-6-12-2-4-13(24)5-3-12/h2-5,8-10,24H,6-7,21H2,1H3,(H2,22,23)/b17-10-. The van der Waals surface area contributed by atoms with Gasteiger partial charge in [0, 0.05) is 28.8 Å². The van der Waals surface area contributed by atoms with Crippen molar-refractivity contribution in [2.75, 3.05) is 6.54 Å². The largest absolute Gasteiger partial charge is 0.398 e. The number of halogens is 2. The highest BCUT2D eigenvalue weighted by Gasteiger charge is 2.07. The van der Waals surface area contributed by atoms with E-state index in [1.807, 2.05) is 31.2 Å². The van der Waals surface area contributed by atoms with Crippen LogP contribution in [0.15, 0.2) is 52.4 Å². The van der Waals surface area contributed by atoms with Crippen molar-refractivity contribution in [1.82, 2.24) is 0 Å². The van der Waals surface area contributed by atoms with Crippen LogP contribution in [0.2, 0.25) is 10.0 Å². The molecule has 0 aromatic heterocycles. The van der Waals surface area contributed by atoms with Crippen LogP contribution in [0.5, 0.6) is 0 Å².